The third-order valence-electron chi connectivity index (χ3n) is 1.87. The van der Waals surface area contributed by atoms with E-state index in [4.69, 9.17) is 23.2 Å². The lowest BCUT2D eigenvalue weighted by molar-refractivity contribution is 0.615. The van der Waals surface area contributed by atoms with E-state index in [2.05, 4.69) is 9.97 Å². The molecule has 2 rings (SSSR count). The molecule has 0 bridgehead atoms. The molecule has 0 fully saturated rings. The van der Waals surface area contributed by atoms with Crippen LogP contribution < -0.4 is 0 Å². The average molecular weight is 263 g/mol. The molecule has 0 amide bonds. The number of aromatic nitrogens is 2. The van der Waals surface area contributed by atoms with Crippen LogP contribution in [0.15, 0.2) is 10.8 Å². The summed E-state index contributed by atoms with van der Waals surface area (Å²) in [7, 11) is 0. The molecule has 2 aromatic heterocycles. The van der Waals surface area contributed by atoms with Gasteiger partial charge in [0.1, 0.15) is 0 Å². The summed E-state index contributed by atoms with van der Waals surface area (Å²) in [4.78, 5) is 7.68. The van der Waals surface area contributed by atoms with Crippen molar-refractivity contribution in [3.8, 4) is 11.4 Å². The van der Waals surface area contributed by atoms with Gasteiger partial charge in [-0.3, -0.25) is 0 Å². The summed E-state index contributed by atoms with van der Waals surface area (Å²) in [5.74, 6) is -0.430. The highest BCUT2D eigenvalue weighted by Gasteiger charge is 2.13. The molecule has 2 heterocycles. The first-order valence-corrected chi connectivity index (χ1v) is 5.71. The molecule has 6 heteroatoms. The molecule has 0 radical (unpaired) electrons. The topological polar surface area (TPSA) is 25.8 Å². The highest BCUT2D eigenvalue weighted by atomic mass is 35.5. The van der Waals surface area contributed by atoms with Gasteiger partial charge in [0.25, 0.3) is 0 Å². The molecule has 0 aliphatic carbocycles. The van der Waals surface area contributed by atoms with Crippen LogP contribution in [-0.4, -0.2) is 9.97 Å². The maximum atomic E-state index is 13.1. The summed E-state index contributed by atoms with van der Waals surface area (Å²) < 4.78 is 13.1. The molecule has 0 aliphatic rings. The highest BCUT2D eigenvalue weighted by molar-refractivity contribution is 7.08. The van der Waals surface area contributed by atoms with Crippen molar-refractivity contribution in [1.82, 2.24) is 9.97 Å². The summed E-state index contributed by atoms with van der Waals surface area (Å²) in [6.45, 7) is 1.92. The van der Waals surface area contributed by atoms with Gasteiger partial charge in [0.05, 0.1) is 0 Å². The average Bonchev–Trinajstić information content (AvgIpc) is 2.60. The Morgan fingerprint density at radius 1 is 1.20 bits per heavy atom. The standard InChI is InChI=1S/C9H5Cl2FN2S/c1-4-2-15-3-5(4)9-13-7(10)6(12)8(11)14-9/h2-3H,1H3. The van der Waals surface area contributed by atoms with Crippen LogP contribution in [-0.2, 0) is 0 Å². The van der Waals surface area contributed by atoms with Gasteiger partial charge in [-0.05, 0) is 17.9 Å². The second kappa shape index (κ2) is 4.04. The Balaban J connectivity index is 2.60. The van der Waals surface area contributed by atoms with Crippen molar-refractivity contribution >= 4 is 34.5 Å². The Morgan fingerprint density at radius 2 is 1.80 bits per heavy atom. The highest BCUT2D eigenvalue weighted by Crippen LogP contribution is 2.27. The minimum Gasteiger partial charge on any atom is -0.213 e. The Morgan fingerprint density at radius 3 is 2.27 bits per heavy atom. The summed E-state index contributed by atoms with van der Waals surface area (Å²) in [5, 5.41) is 3.31. The molecule has 0 N–H and O–H groups in total. The fraction of sp³-hybridized carbons (Fsp3) is 0.111. The maximum absolute atomic E-state index is 13.1. The van der Waals surface area contributed by atoms with E-state index in [1.165, 1.54) is 11.3 Å². The largest absolute Gasteiger partial charge is 0.213 e. The van der Waals surface area contributed by atoms with Gasteiger partial charge in [0.15, 0.2) is 21.9 Å². The number of hydrogen-bond donors (Lipinski definition) is 0. The molecule has 0 saturated carbocycles. The minimum absolute atomic E-state index is 0.254. The molecule has 15 heavy (non-hydrogen) atoms. The van der Waals surface area contributed by atoms with Gasteiger partial charge >= 0.3 is 0 Å². The zero-order chi connectivity index (χ0) is 11.0. The zero-order valence-corrected chi connectivity index (χ0v) is 9.92. The van der Waals surface area contributed by atoms with Crippen molar-refractivity contribution in [2.24, 2.45) is 0 Å². The van der Waals surface area contributed by atoms with Crippen molar-refractivity contribution in [2.75, 3.05) is 0 Å². The van der Waals surface area contributed by atoms with E-state index < -0.39 is 5.82 Å². The molecular formula is C9H5Cl2FN2S. The number of aryl methyl sites for hydroxylation is 1. The summed E-state index contributed by atoms with van der Waals surface area (Å²) in [5.41, 5.74) is 1.84. The Bertz CT molecular complexity index is 490. The van der Waals surface area contributed by atoms with Gasteiger partial charge in [-0.2, -0.15) is 11.3 Å². The second-order valence-corrected chi connectivity index (χ2v) is 4.37. The van der Waals surface area contributed by atoms with Crippen molar-refractivity contribution in [1.29, 1.82) is 0 Å². The molecule has 78 valence electrons. The van der Waals surface area contributed by atoms with Crippen LogP contribution in [0.5, 0.6) is 0 Å². The first kappa shape index (κ1) is 10.8. The molecule has 2 nitrogen and oxygen atoms in total. The van der Waals surface area contributed by atoms with Crippen molar-refractivity contribution < 1.29 is 4.39 Å². The van der Waals surface area contributed by atoms with Gasteiger partial charge in [-0.25, -0.2) is 14.4 Å². The molecule has 0 saturated heterocycles. The third-order valence-corrected chi connectivity index (χ3v) is 3.23. The van der Waals surface area contributed by atoms with Gasteiger partial charge in [0, 0.05) is 10.9 Å². The van der Waals surface area contributed by atoms with Crippen molar-refractivity contribution in [3.05, 3.63) is 32.4 Å². The monoisotopic (exact) mass is 262 g/mol. The molecule has 0 unspecified atom stereocenters. The van der Waals surface area contributed by atoms with Gasteiger partial charge < -0.3 is 0 Å². The van der Waals surface area contributed by atoms with E-state index in [1.54, 1.807) is 0 Å². The predicted octanol–water partition coefficient (Wildman–Crippen LogP) is 3.96. The van der Waals surface area contributed by atoms with Crippen LogP contribution in [0, 0.1) is 12.7 Å². The number of hydrogen-bond acceptors (Lipinski definition) is 3. The third kappa shape index (κ3) is 1.97. The van der Waals surface area contributed by atoms with E-state index in [-0.39, 0.29) is 10.3 Å². The number of thiophene rings is 1. The lowest BCUT2D eigenvalue weighted by Gasteiger charge is -2.01. The fourth-order valence-corrected chi connectivity index (χ4v) is 2.32. The van der Waals surface area contributed by atoms with Crippen LogP contribution in [0.25, 0.3) is 11.4 Å². The Kier molecular flexibility index (Phi) is 2.91. The first-order valence-electron chi connectivity index (χ1n) is 4.01. The van der Waals surface area contributed by atoms with Gasteiger partial charge in [0.2, 0.25) is 0 Å². The number of halogens is 3. The van der Waals surface area contributed by atoms with Gasteiger partial charge in [-0.15, -0.1) is 0 Å². The first-order chi connectivity index (χ1) is 7.09. The van der Waals surface area contributed by atoms with Crippen LogP contribution in [0.2, 0.25) is 10.3 Å². The van der Waals surface area contributed by atoms with Crippen molar-refractivity contribution in [2.45, 2.75) is 6.92 Å². The van der Waals surface area contributed by atoms with E-state index in [1.807, 2.05) is 17.7 Å². The van der Waals surface area contributed by atoms with Crippen LogP contribution >= 0.6 is 34.5 Å². The number of rotatable bonds is 1. The Hall–Kier alpha value is -0.710. The molecule has 0 aromatic carbocycles. The smallest absolute Gasteiger partial charge is 0.197 e. The zero-order valence-electron chi connectivity index (χ0n) is 7.59. The molecule has 0 atom stereocenters. The molecular weight excluding hydrogens is 258 g/mol. The van der Waals surface area contributed by atoms with Crippen LogP contribution in [0.3, 0.4) is 0 Å². The molecule has 2 aromatic rings. The van der Waals surface area contributed by atoms with E-state index in [9.17, 15) is 4.39 Å². The van der Waals surface area contributed by atoms with Gasteiger partial charge in [-0.1, -0.05) is 23.2 Å². The summed E-state index contributed by atoms with van der Waals surface area (Å²) in [6.07, 6.45) is 0. The lowest BCUT2D eigenvalue weighted by atomic mass is 10.2. The predicted molar refractivity (Wildman–Crippen MR) is 60.1 cm³/mol. The van der Waals surface area contributed by atoms with E-state index in [0.29, 0.717) is 5.82 Å². The molecule has 0 aliphatic heterocycles. The van der Waals surface area contributed by atoms with Crippen LogP contribution in [0.4, 0.5) is 4.39 Å². The van der Waals surface area contributed by atoms with Crippen LogP contribution in [0.1, 0.15) is 5.56 Å². The summed E-state index contributed by atoms with van der Waals surface area (Å²) in [6, 6.07) is 0. The molecule has 0 spiro atoms. The lowest BCUT2D eigenvalue weighted by Crippen LogP contribution is -1.94. The van der Waals surface area contributed by atoms with E-state index in [0.717, 1.165) is 11.1 Å². The maximum Gasteiger partial charge on any atom is 0.197 e. The Labute approximate surface area is 99.7 Å². The normalized spacial score (nSPS) is 10.7. The number of nitrogens with zero attached hydrogens (tertiary/aromatic N) is 2. The summed E-state index contributed by atoms with van der Waals surface area (Å²) >= 11 is 12.7. The fourth-order valence-electron chi connectivity index (χ4n) is 1.10. The quantitative estimate of drug-likeness (QED) is 0.728. The van der Waals surface area contributed by atoms with Crippen molar-refractivity contribution in [3.63, 3.8) is 0 Å². The second-order valence-electron chi connectivity index (χ2n) is 2.91. The van der Waals surface area contributed by atoms with E-state index >= 15 is 0 Å². The SMILES string of the molecule is Cc1cscc1-c1nc(Cl)c(F)c(Cl)n1. The minimum atomic E-state index is -0.782.